The van der Waals surface area contributed by atoms with E-state index in [-0.39, 0.29) is 12.6 Å². The smallest absolute Gasteiger partial charge is 0.221 e. The van der Waals surface area contributed by atoms with Gasteiger partial charge in [0.25, 0.3) is 0 Å². The number of hydrogen-bond donors (Lipinski definition) is 3. The molecule has 1 aromatic rings. The second-order valence-corrected chi connectivity index (χ2v) is 3.90. The third kappa shape index (κ3) is 4.73. The molecule has 0 radical (unpaired) electrons. The van der Waals surface area contributed by atoms with Crippen LogP contribution in [0.3, 0.4) is 0 Å². The zero-order chi connectivity index (χ0) is 11.8. The minimum absolute atomic E-state index is 0.0570. The van der Waals surface area contributed by atoms with Gasteiger partial charge in [0.05, 0.1) is 17.7 Å². The topological polar surface area (TPSA) is 93.3 Å². The summed E-state index contributed by atoms with van der Waals surface area (Å²) >= 11 is 3.32. The molecule has 6 nitrogen and oxygen atoms in total. The van der Waals surface area contributed by atoms with Gasteiger partial charge in [-0.25, -0.2) is 4.98 Å². The van der Waals surface area contributed by atoms with Crippen LogP contribution >= 0.6 is 15.9 Å². The van der Waals surface area contributed by atoms with Gasteiger partial charge < -0.3 is 20.9 Å². The van der Waals surface area contributed by atoms with E-state index in [9.17, 15) is 0 Å². The van der Waals surface area contributed by atoms with Crippen molar-refractivity contribution in [3.8, 4) is 0 Å². The van der Waals surface area contributed by atoms with Crippen molar-refractivity contribution in [1.82, 2.24) is 9.97 Å². The van der Waals surface area contributed by atoms with Crippen molar-refractivity contribution in [3.63, 3.8) is 0 Å². The molecule has 16 heavy (non-hydrogen) atoms. The molecule has 0 spiro atoms. The molecule has 0 aromatic carbocycles. The summed E-state index contributed by atoms with van der Waals surface area (Å²) in [5, 5.41) is 11.6. The third-order valence-electron chi connectivity index (χ3n) is 1.76. The summed E-state index contributed by atoms with van der Waals surface area (Å²) in [5.41, 5.74) is 5.46. The Bertz CT molecular complexity index is 324. The molecule has 1 heterocycles. The van der Waals surface area contributed by atoms with E-state index in [1.165, 1.54) is 0 Å². The summed E-state index contributed by atoms with van der Waals surface area (Å²) in [6, 6.07) is 0. The molecule has 0 aliphatic carbocycles. The van der Waals surface area contributed by atoms with Crippen LogP contribution in [0.25, 0.3) is 0 Å². The van der Waals surface area contributed by atoms with Gasteiger partial charge in [-0.2, -0.15) is 4.98 Å². The van der Waals surface area contributed by atoms with Gasteiger partial charge in [-0.1, -0.05) is 0 Å². The van der Waals surface area contributed by atoms with Crippen molar-refractivity contribution in [2.75, 3.05) is 37.4 Å². The highest BCUT2D eigenvalue weighted by Gasteiger charge is 2.01. The molecular weight excluding hydrogens is 276 g/mol. The Morgan fingerprint density at radius 3 is 3.06 bits per heavy atom. The van der Waals surface area contributed by atoms with Crippen LogP contribution in [-0.4, -0.2) is 41.4 Å². The van der Waals surface area contributed by atoms with E-state index < -0.39 is 0 Å². The van der Waals surface area contributed by atoms with Crippen LogP contribution in [0.2, 0.25) is 0 Å². The van der Waals surface area contributed by atoms with Crippen LogP contribution in [0.15, 0.2) is 10.7 Å². The molecule has 90 valence electrons. The van der Waals surface area contributed by atoms with E-state index in [4.69, 9.17) is 15.6 Å². The fourth-order valence-corrected chi connectivity index (χ4v) is 1.38. The summed E-state index contributed by atoms with van der Waals surface area (Å²) in [6.45, 7) is 1.76. The van der Waals surface area contributed by atoms with Crippen molar-refractivity contribution in [1.29, 1.82) is 0 Å². The minimum atomic E-state index is 0.0570. The van der Waals surface area contributed by atoms with E-state index in [2.05, 4.69) is 31.2 Å². The van der Waals surface area contributed by atoms with Crippen molar-refractivity contribution in [2.24, 2.45) is 0 Å². The number of nitrogens with one attached hydrogen (secondary N) is 1. The molecular formula is C9H15BrN4O2. The SMILES string of the molecule is Nc1ncc(Br)c(NCCCOCCO)n1. The van der Waals surface area contributed by atoms with Gasteiger partial charge in [0.1, 0.15) is 5.82 Å². The number of aromatic nitrogens is 2. The lowest BCUT2D eigenvalue weighted by Crippen LogP contribution is -2.09. The number of ether oxygens (including phenoxy) is 1. The largest absolute Gasteiger partial charge is 0.394 e. The number of halogens is 1. The zero-order valence-corrected chi connectivity index (χ0v) is 10.4. The van der Waals surface area contributed by atoms with Crippen LogP contribution in [0.1, 0.15) is 6.42 Å². The Morgan fingerprint density at radius 1 is 1.50 bits per heavy atom. The summed E-state index contributed by atoms with van der Waals surface area (Å²) in [4.78, 5) is 7.87. The summed E-state index contributed by atoms with van der Waals surface area (Å²) in [5.74, 6) is 0.914. The maximum absolute atomic E-state index is 8.49. The van der Waals surface area contributed by atoms with Crippen LogP contribution in [0, 0.1) is 0 Å². The zero-order valence-electron chi connectivity index (χ0n) is 8.82. The van der Waals surface area contributed by atoms with Gasteiger partial charge >= 0.3 is 0 Å². The fraction of sp³-hybridized carbons (Fsp3) is 0.556. The van der Waals surface area contributed by atoms with Crippen LogP contribution in [0.4, 0.5) is 11.8 Å². The highest BCUT2D eigenvalue weighted by molar-refractivity contribution is 9.10. The van der Waals surface area contributed by atoms with Gasteiger partial charge in [0, 0.05) is 19.3 Å². The standard InChI is InChI=1S/C9H15BrN4O2/c10-7-6-13-9(11)14-8(7)12-2-1-4-16-5-3-15/h6,15H,1-5H2,(H3,11,12,13,14). The first-order chi connectivity index (χ1) is 7.74. The van der Waals surface area contributed by atoms with Crippen molar-refractivity contribution in [3.05, 3.63) is 10.7 Å². The van der Waals surface area contributed by atoms with Crippen LogP contribution in [0.5, 0.6) is 0 Å². The molecule has 0 saturated carbocycles. The first-order valence-electron chi connectivity index (χ1n) is 4.94. The molecule has 0 aliphatic rings. The lowest BCUT2D eigenvalue weighted by molar-refractivity contribution is 0.0922. The third-order valence-corrected chi connectivity index (χ3v) is 2.34. The van der Waals surface area contributed by atoms with Gasteiger partial charge in [0.2, 0.25) is 5.95 Å². The summed E-state index contributed by atoms with van der Waals surface area (Å²) in [7, 11) is 0. The maximum atomic E-state index is 8.49. The molecule has 0 aliphatic heterocycles. The molecule has 1 aromatic heterocycles. The van der Waals surface area contributed by atoms with E-state index in [1.807, 2.05) is 0 Å². The van der Waals surface area contributed by atoms with Gasteiger partial charge in [-0.3, -0.25) is 0 Å². The Morgan fingerprint density at radius 2 is 2.31 bits per heavy atom. The quantitative estimate of drug-likeness (QED) is 0.638. The molecule has 0 unspecified atom stereocenters. The van der Waals surface area contributed by atoms with Crippen molar-refractivity contribution >= 4 is 27.7 Å². The average molecular weight is 291 g/mol. The minimum Gasteiger partial charge on any atom is -0.394 e. The van der Waals surface area contributed by atoms with E-state index in [0.29, 0.717) is 19.0 Å². The lowest BCUT2D eigenvalue weighted by Gasteiger charge is -2.07. The van der Waals surface area contributed by atoms with E-state index in [0.717, 1.165) is 17.4 Å². The number of aliphatic hydroxyl groups excluding tert-OH is 1. The summed E-state index contributed by atoms with van der Waals surface area (Å²) < 4.78 is 5.89. The predicted molar refractivity (Wildman–Crippen MR) is 65.2 cm³/mol. The molecule has 4 N–H and O–H groups in total. The monoisotopic (exact) mass is 290 g/mol. The molecule has 0 atom stereocenters. The lowest BCUT2D eigenvalue weighted by atomic mass is 10.4. The molecule has 0 bridgehead atoms. The first-order valence-corrected chi connectivity index (χ1v) is 5.74. The summed E-state index contributed by atoms with van der Waals surface area (Å²) in [6.07, 6.45) is 2.43. The number of nitrogens with zero attached hydrogens (tertiary/aromatic N) is 2. The number of nitrogen functional groups attached to an aromatic ring is 1. The number of nitrogens with two attached hydrogens (primary N) is 1. The number of hydrogen-bond acceptors (Lipinski definition) is 6. The molecule has 0 amide bonds. The van der Waals surface area contributed by atoms with Crippen molar-refractivity contribution < 1.29 is 9.84 Å². The van der Waals surface area contributed by atoms with Crippen molar-refractivity contribution in [2.45, 2.75) is 6.42 Å². The Kier molecular flexibility index (Phi) is 6.05. The normalized spacial score (nSPS) is 10.4. The highest BCUT2D eigenvalue weighted by atomic mass is 79.9. The second-order valence-electron chi connectivity index (χ2n) is 3.04. The Labute approximate surface area is 102 Å². The fourth-order valence-electron chi connectivity index (χ4n) is 1.05. The molecule has 1 rings (SSSR count). The van der Waals surface area contributed by atoms with Crippen LogP contribution < -0.4 is 11.1 Å². The number of anilines is 2. The first kappa shape index (κ1) is 13.1. The maximum Gasteiger partial charge on any atom is 0.221 e. The number of aliphatic hydroxyl groups is 1. The Hall–Kier alpha value is -0.920. The molecule has 0 fully saturated rings. The molecule has 7 heteroatoms. The van der Waals surface area contributed by atoms with Crippen LogP contribution in [-0.2, 0) is 4.74 Å². The van der Waals surface area contributed by atoms with Gasteiger partial charge in [0.15, 0.2) is 0 Å². The second kappa shape index (κ2) is 7.37. The predicted octanol–water partition coefficient (Wildman–Crippen LogP) is 0.632. The van der Waals surface area contributed by atoms with Gasteiger partial charge in [-0.15, -0.1) is 0 Å². The molecule has 0 saturated heterocycles. The average Bonchev–Trinajstić information content (AvgIpc) is 2.28. The number of rotatable bonds is 7. The van der Waals surface area contributed by atoms with Gasteiger partial charge in [-0.05, 0) is 22.4 Å². The Balaban J connectivity index is 2.23. The van der Waals surface area contributed by atoms with E-state index in [1.54, 1.807) is 6.20 Å². The van der Waals surface area contributed by atoms with E-state index >= 15 is 0 Å². The highest BCUT2D eigenvalue weighted by Crippen LogP contribution is 2.18.